The molecule has 0 bridgehead atoms. The standard InChI is InChI=1S/C23H25ClN2O6S/c1-26(23(14-8-7-13-20(23)27)18-11-5-6-12-19(18)24)21(28)16-32-22(29)15-25-33(30,31)17-9-3-2-4-10-17/h2-6,9-12,25H,7-8,13-16H2,1H3. The summed E-state index contributed by atoms with van der Waals surface area (Å²) in [7, 11) is -2.40. The van der Waals surface area contributed by atoms with Crippen molar-refractivity contribution in [2.75, 3.05) is 20.2 Å². The van der Waals surface area contributed by atoms with Gasteiger partial charge in [-0.25, -0.2) is 8.42 Å². The van der Waals surface area contributed by atoms with Gasteiger partial charge in [0, 0.05) is 24.1 Å². The predicted molar refractivity (Wildman–Crippen MR) is 122 cm³/mol. The second-order valence-corrected chi connectivity index (χ2v) is 9.90. The van der Waals surface area contributed by atoms with Crippen LogP contribution in [0.25, 0.3) is 0 Å². The van der Waals surface area contributed by atoms with Gasteiger partial charge in [0.2, 0.25) is 10.0 Å². The number of rotatable bonds is 8. The van der Waals surface area contributed by atoms with E-state index in [1.165, 1.54) is 24.1 Å². The fraction of sp³-hybridized carbons (Fsp3) is 0.348. The number of carbonyl (C=O) groups is 3. The summed E-state index contributed by atoms with van der Waals surface area (Å²) in [6, 6.07) is 14.4. The topological polar surface area (TPSA) is 110 Å². The highest BCUT2D eigenvalue weighted by molar-refractivity contribution is 7.89. The summed E-state index contributed by atoms with van der Waals surface area (Å²) < 4.78 is 31.6. The predicted octanol–water partition coefficient (Wildman–Crippen LogP) is 2.66. The molecule has 0 spiro atoms. The zero-order chi connectivity index (χ0) is 24.1. The average molecular weight is 493 g/mol. The Morgan fingerprint density at radius 3 is 2.42 bits per heavy atom. The van der Waals surface area contributed by atoms with Crippen LogP contribution in [0.1, 0.15) is 31.2 Å². The van der Waals surface area contributed by atoms with Crippen LogP contribution < -0.4 is 4.72 Å². The van der Waals surface area contributed by atoms with Crippen LogP contribution in [0.5, 0.6) is 0 Å². The lowest BCUT2D eigenvalue weighted by molar-refractivity contribution is -0.157. The van der Waals surface area contributed by atoms with E-state index in [1.54, 1.807) is 42.5 Å². The van der Waals surface area contributed by atoms with Crippen LogP contribution in [0.15, 0.2) is 59.5 Å². The maximum Gasteiger partial charge on any atom is 0.321 e. The summed E-state index contributed by atoms with van der Waals surface area (Å²) in [5.41, 5.74) is -0.705. The largest absolute Gasteiger partial charge is 0.455 e. The first-order chi connectivity index (χ1) is 15.7. The van der Waals surface area contributed by atoms with E-state index in [1.807, 2.05) is 0 Å². The molecule has 1 fully saturated rings. The van der Waals surface area contributed by atoms with Gasteiger partial charge in [0.05, 0.1) is 4.90 Å². The molecule has 176 valence electrons. The Morgan fingerprint density at radius 2 is 1.76 bits per heavy atom. The molecule has 3 rings (SSSR count). The summed E-state index contributed by atoms with van der Waals surface area (Å²) in [6.45, 7) is -1.27. The van der Waals surface area contributed by atoms with Crippen LogP contribution in [-0.4, -0.2) is 51.2 Å². The van der Waals surface area contributed by atoms with Crippen LogP contribution in [-0.2, 0) is 34.7 Å². The number of likely N-dealkylation sites (N-methyl/N-ethyl adjacent to an activating group) is 1. The molecule has 1 amide bonds. The number of ether oxygens (including phenoxy) is 1. The fourth-order valence-corrected chi connectivity index (χ4v) is 5.25. The van der Waals surface area contributed by atoms with Crippen LogP contribution in [0.3, 0.4) is 0 Å². The van der Waals surface area contributed by atoms with Crippen molar-refractivity contribution in [1.82, 2.24) is 9.62 Å². The molecule has 10 heteroatoms. The number of ketones is 1. The minimum absolute atomic E-state index is 0.00565. The summed E-state index contributed by atoms with van der Waals surface area (Å²) >= 11 is 6.38. The van der Waals surface area contributed by atoms with Crippen molar-refractivity contribution in [1.29, 1.82) is 0 Å². The first kappa shape index (κ1) is 24.9. The summed E-state index contributed by atoms with van der Waals surface area (Å²) in [5.74, 6) is -1.64. The summed E-state index contributed by atoms with van der Waals surface area (Å²) in [6.07, 6.45) is 2.17. The smallest absolute Gasteiger partial charge is 0.321 e. The zero-order valence-corrected chi connectivity index (χ0v) is 19.7. The molecule has 1 aliphatic carbocycles. The number of benzene rings is 2. The minimum Gasteiger partial charge on any atom is -0.455 e. The fourth-order valence-electron chi connectivity index (χ4n) is 3.97. The Balaban J connectivity index is 1.67. The highest BCUT2D eigenvalue weighted by Gasteiger charge is 2.48. The van der Waals surface area contributed by atoms with Crippen molar-refractivity contribution in [2.45, 2.75) is 36.1 Å². The average Bonchev–Trinajstić information content (AvgIpc) is 2.82. The second-order valence-electron chi connectivity index (χ2n) is 7.72. The number of hydrogen-bond acceptors (Lipinski definition) is 6. The van der Waals surface area contributed by atoms with Gasteiger partial charge in [0.15, 0.2) is 12.4 Å². The SMILES string of the molecule is CN(C(=O)COC(=O)CNS(=O)(=O)c1ccccc1)C1(c2ccccc2Cl)CCCCC1=O. The third kappa shape index (κ3) is 5.43. The van der Waals surface area contributed by atoms with E-state index in [2.05, 4.69) is 4.72 Å². The maximum absolute atomic E-state index is 13.1. The van der Waals surface area contributed by atoms with Gasteiger partial charge in [-0.15, -0.1) is 0 Å². The Labute approximate surface area is 197 Å². The van der Waals surface area contributed by atoms with E-state index in [0.29, 0.717) is 23.4 Å². The molecule has 1 aliphatic rings. The highest BCUT2D eigenvalue weighted by Crippen LogP contribution is 2.42. The highest BCUT2D eigenvalue weighted by atomic mass is 35.5. The number of sulfonamides is 1. The summed E-state index contributed by atoms with van der Waals surface area (Å²) in [4.78, 5) is 39.4. The van der Waals surface area contributed by atoms with Gasteiger partial charge in [-0.3, -0.25) is 14.4 Å². The molecule has 1 unspecified atom stereocenters. The van der Waals surface area contributed by atoms with Crippen molar-refractivity contribution >= 4 is 39.3 Å². The van der Waals surface area contributed by atoms with Gasteiger partial charge in [-0.1, -0.05) is 48.0 Å². The number of esters is 1. The minimum atomic E-state index is -3.89. The first-order valence-corrected chi connectivity index (χ1v) is 12.3. The van der Waals surface area contributed by atoms with Crippen LogP contribution in [0.2, 0.25) is 5.02 Å². The van der Waals surface area contributed by atoms with E-state index in [-0.39, 0.29) is 10.7 Å². The number of halogens is 1. The molecule has 0 aliphatic heterocycles. The third-order valence-electron chi connectivity index (χ3n) is 5.74. The Hall–Kier alpha value is -2.75. The number of carbonyl (C=O) groups excluding carboxylic acids is 3. The molecule has 0 radical (unpaired) electrons. The van der Waals surface area contributed by atoms with Crippen LogP contribution >= 0.6 is 11.6 Å². The zero-order valence-electron chi connectivity index (χ0n) is 18.1. The molecule has 2 aromatic rings. The maximum atomic E-state index is 13.1. The molecule has 0 heterocycles. The molecular formula is C23H25ClN2O6S. The molecule has 0 aromatic heterocycles. The Morgan fingerprint density at radius 1 is 1.09 bits per heavy atom. The van der Waals surface area contributed by atoms with E-state index in [9.17, 15) is 22.8 Å². The quantitative estimate of drug-likeness (QED) is 0.567. The van der Waals surface area contributed by atoms with Gasteiger partial charge in [-0.05, 0) is 37.5 Å². The molecule has 33 heavy (non-hydrogen) atoms. The Kier molecular flexibility index (Phi) is 7.88. The molecule has 0 saturated heterocycles. The van der Waals surface area contributed by atoms with E-state index >= 15 is 0 Å². The van der Waals surface area contributed by atoms with Gasteiger partial charge in [0.25, 0.3) is 5.91 Å². The number of nitrogens with zero attached hydrogens (tertiary/aromatic N) is 1. The third-order valence-corrected chi connectivity index (χ3v) is 7.48. The Bertz CT molecular complexity index is 1140. The van der Waals surface area contributed by atoms with Gasteiger partial charge in [0.1, 0.15) is 12.1 Å². The van der Waals surface area contributed by atoms with Crippen molar-refractivity contribution in [3.8, 4) is 0 Å². The number of nitrogens with one attached hydrogen (secondary N) is 1. The first-order valence-electron chi connectivity index (χ1n) is 10.4. The monoisotopic (exact) mass is 492 g/mol. The lowest BCUT2D eigenvalue weighted by Crippen LogP contribution is -2.55. The number of hydrogen-bond donors (Lipinski definition) is 1. The molecular weight excluding hydrogens is 468 g/mol. The van der Waals surface area contributed by atoms with E-state index in [0.717, 1.165) is 12.8 Å². The summed E-state index contributed by atoms with van der Waals surface area (Å²) in [5, 5.41) is 0.375. The lowest BCUT2D eigenvalue weighted by Gasteiger charge is -2.43. The van der Waals surface area contributed by atoms with Crippen LogP contribution in [0, 0.1) is 0 Å². The van der Waals surface area contributed by atoms with Gasteiger partial charge >= 0.3 is 5.97 Å². The van der Waals surface area contributed by atoms with E-state index in [4.69, 9.17) is 16.3 Å². The van der Waals surface area contributed by atoms with E-state index < -0.39 is 40.6 Å². The normalized spacial score (nSPS) is 18.5. The van der Waals surface area contributed by atoms with Crippen molar-refractivity contribution in [2.24, 2.45) is 0 Å². The lowest BCUT2D eigenvalue weighted by atomic mass is 9.74. The van der Waals surface area contributed by atoms with Crippen molar-refractivity contribution in [3.63, 3.8) is 0 Å². The molecule has 2 aromatic carbocycles. The van der Waals surface area contributed by atoms with Crippen LogP contribution in [0.4, 0.5) is 0 Å². The molecule has 8 nitrogen and oxygen atoms in total. The molecule has 1 atom stereocenters. The molecule has 1 saturated carbocycles. The van der Waals surface area contributed by atoms with Gasteiger partial charge < -0.3 is 9.64 Å². The number of amides is 1. The van der Waals surface area contributed by atoms with Crippen molar-refractivity contribution in [3.05, 3.63) is 65.2 Å². The van der Waals surface area contributed by atoms with Crippen molar-refractivity contribution < 1.29 is 27.5 Å². The molecule has 1 N–H and O–H groups in total. The second kappa shape index (κ2) is 10.5. The number of Topliss-reactive ketones (excluding diaryl/α,β-unsaturated/α-hetero) is 1. The van der Waals surface area contributed by atoms with Gasteiger partial charge in [-0.2, -0.15) is 4.72 Å².